The lowest BCUT2D eigenvalue weighted by Gasteiger charge is -2.32. The van der Waals surface area contributed by atoms with Gasteiger partial charge in [0.25, 0.3) is 0 Å². The number of unbranched alkanes of at least 4 members (excludes halogenated alkanes) is 1. The fourth-order valence-corrected chi connectivity index (χ4v) is 4.07. The standard InChI is InChI=1S/C14H29N3O3S/c1-3-5-6-13(15)14(18)16-12-7-9-17(10-8-12)21(19,20)11-4-2/h12-13H,3-11,15H2,1-2H3,(H,16,18)/t13-/m0/s1. The van der Waals surface area contributed by atoms with Crippen molar-refractivity contribution in [3.63, 3.8) is 0 Å². The van der Waals surface area contributed by atoms with Crippen molar-refractivity contribution in [1.82, 2.24) is 9.62 Å². The Hall–Kier alpha value is -0.660. The second-order valence-electron chi connectivity index (χ2n) is 5.75. The molecule has 0 radical (unpaired) electrons. The molecule has 0 aromatic heterocycles. The van der Waals surface area contributed by atoms with E-state index in [4.69, 9.17) is 5.73 Å². The third-order valence-corrected chi connectivity index (χ3v) is 5.94. The van der Waals surface area contributed by atoms with E-state index >= 15 is 0 Å². The molecule has 21 heavy (non-hydrogen) atoms. The average molecular weight is 319 g/mol. The SMILES string of the molecule is CCCC[C@H](N)C(=O)NC1CCN(S(=O)(=O)CCC)CC1. The minimum absolute atomic E-state index is 0.0400. The zero-order chi connectivity index (χ0) is 15.9. The topological polar surface area (TPSA) is 92.5 Å². The summed E-state index contributed by atoms with van der Waals surface area (Å²) in [5, 5.41) is 2.95. The molecule has 124 valence electrons. The van der Waals surface area contributed by atoms with Crippen molar-refractivity contribution >= 4 is 15.9 Å². The van der Waals surface area contributed by atoms with Crippen molar-refractivity contribution in [2.24, 2.45) is 5.73 Å². The number of nitrogens with one attached hydrogen (secondary N) is 1. The summed E-state index contributed by atoms with van der Waals surface area (Å²) in [4.78, 5) is 11.9. The summed E-state index contributed by atoms with van der Waals surface area (Å²) < 4.78 is 25.5. The number of hydrogen-bond acceptors (Lipinski definition) is 4. The summed E-state index contributed by atoms with van der Waals surface area (Å²) in [6.07, 6.45) is 4.62. The minimum Gasteiger partial charge on any atom is -0.352 e. The van der Waals surface area contributed by atoms with Gasteiger partial charge in [0.2, 0.25) is 15.9 Å². The van der Waals surface area contributed by atoms with Gasteiger partial charge in [0.15, 0.2) is 0 Å². The summed E-state index contributed by atoms with van der Waals surface area (Å²) in [6.45, 7) is 4.90. The molecule has 1 heterocycles. The quantitative estimate of drug-likeness (QED) is 0.693. The van der Waals surface area contributed by atoms with Crippen LogP contribution < -0.4 is 11.1 Å². The van der Waals surface area contributed by atoms with Crippen LogP contribution in [0.15, 0.2) is 0 Å². The highest BCUT2D eigenvalue weighted by Crippen LogP contribution is 2.15. The first-order valence-electron chi connectivity index (χ1n) is 7.94. The molecular weight excluding hydrogens is 290 g/mol. The number of carbonyl (C=O) groups is 1. The van der Waals surface area contributed by atoms with Crippen LogP contribution in [0.5, 0.6) is 0 Å². The van der Waals surface area contributed by atoms with Crippen LogP contribution in [0.2, 0.25) is 0 Å². The van der Waals surface area contributed by atoms with E-state index in [1.54, 1.807) is 0 Å². The van der Waals surface area contributed by atoms with Gasteiger partial charge >= 0.3 is 0 Å². The fraction of sp³-hybridized carbons (Fsp3) is 0.929. The second kappa shape index (κ2) is 8.70. The highest BCUT2D eigenvalue weighted by Gasteiger charge is 2.28. The zero-order valence-corrected chi connectivity index (χ0v) is 14.0. The number of nitrogens with two attached hydrogens (primary N) is 1. The van der Waals surface area contributed by atoms with Crippen molar-refractivity contribution in [3.8, 4) is 0 Å². The van der Waals surface area contributed by atoms with E-state index < -0.39 is 16.1 Å². The molecule has 0 aromatic carbocycles. The lowest BCUT2D eigenvalue weighted by atomic mass is 10.0. The maximum absolute atomic E-state index is 12.0. The Morgan fingerprint density at radius 3 is 2.43 bits per heavy atom. The summed E-state index contributed by atoms with van der Waals surface area (Å²) in [5.74, 6) is 0.0876. The van der Waals surface area contributed by atoms with Crippen molar-refractivity contribution < 1.29 is 13.2 Å². The summed E-state index contributed by atoms with van der Waals surface area (Å²) >= 11 is 0. The number of carbonyl (C=O) groups excluding carboxylic acids is 1. The van der Waals surface area contributed by atoms with Gasteiger partial charge in [-0.2, -0.15) is 0 Å². The Morgan fingerprint density at radius 1 is 1.29 bits per heavy atom. The Morgan fingerprint density at radius 2 is 1.90 bits per heavy atom. The Balaban J connectivity index is 2.38. The van der Waals surface area contributed by atoms with E-state index in [-0.39, 0.29) is 17.7 Å². The molecule has 1 amide bonds. The molecular formula is C14H29N3O3S. The highest BCUT2D eigenvalue weighted by molar-refractivity contribution is 7.89. The minimum atomic E-state index is -3.12. The molecule has 1 aliphatic rings. The number of piperidine rings is 1. The molecule has 0 saturated carbocycles. The zero-order valence-electron chi connectivity index (χ0n) is 13.2. The largest absolute Gasteiger partial charge is 0.352 e. The van der Waals surface area contributed by atoms with Crippen LogP contribution in [0, 0.1) is 0 Å². The molecule has 0 spiro atoms. The summed E-state index contributed by atoms with van der Waals surface area (Å²) in [6, 6.07) is -0.412. The van der Waals surface area contributed by atoms with E-state index in [1.807, 2.05) is 6.92 Å². The molecule has 1 fully saturated rings. The number of amides is 1. The first-order chi connectivity index (χ1) is 9.90. The van der Waals surface area contributed by atoms with Crippen molar-refractivity contribution in [3.05, 3.63) is 0 Å². The van der Waals surface area contributed by atoms with E-state index in [9.17, 15) is 13.2 Å². The van der Waals surface area contributed by atoms with Gasteiger partial charge in [0, 0.05) is 19.1 Å². The van der Waals surface area contributed by atoms with Crippen molar-refractivity contribution in [2.45, 2.75) is 64.5 Å². The third-order valence-electron chi connectivity index (χ3n) is 3.86. The predicted molar refractivity (Wildman–Crippen MR) is 84.3 cm³/mol. The summed E-state index contributed by atoms with van der Waals surface area (Å²) in [5.41, 5.74) is 5.84. The molecule has 0 bridgehead atoms. The molecule has 7 heteroatoms. The van der Waals surface area contributed by atoms with Gasteiger partial charge in [-0.3, -0.25) is 4.79 Å². The molecule has 0 aliphatic carbocycles. The van der Waals surface area contributed by atoms with Crippen LogP contribution in [0.3, 0.4) is 0 Å². The van der Waals surface area contributed by atoms with Crippen LogP contribution in [-0.4, -0.2) is 49.6 Å². The van der Waals surface area contributed by atoms with Crippen LogP contribution in [0.1, 0.15) is 52.4 Å². The van der Waals surface area contributed by atoms with Gasteiger partial charge in [-0.05, 0) is 25.7 Å². The molecule has 0 aromatic rings. The number of hydrogen-bond donors (Lipinski definition) is 2. The Bertz CT molecular complexity index is 417. The highest BCUT2D eigenvalue weighted by atomic mass is 32.2. The number of sulfonamides is 1. The lowest BCUT2D eigenvalue weighted by Crippen LogP contribution is -2.50. The average Bonchev–Trinajstić information content (AvgIpc) is 2.45. The molecule has 1 rings (SSSR count). The smallest absolute Gasteiger partial charge is 0.237 e. The molecule has 3 N–H and O–H groups in total. The van der Waals surface area contributed by atoms with Crippen LogP contribution in [0.25, 0.3) is 0 Å². The van der Waals surface area contributed by atoms with Crippen molar-refractivity contribution in [1.29, 1.82) is 0 Å². The second-order valence-corrected chi connectivity index (χ2v) is 7.84. The van der Waals surface area contributed by atoms with Crippen LogP contribution >= 0.6 is 0 Å². The van der Waals surface area contributed by atoms with Gasteiger partial charge in [0.1, 0.15) is 0 Å². The maximum atomic E-state index is 12.0. The van der Waals surface area contributed by atoms with Gasteiger partial charge in [0.05, 0.1) is 11.8 Å². The Kier molecular flexibility index (Phi) is 7.62. The van der Waals surface area contributed by atoms with E-state index in [0.29, 0.717) is 38.8 Å². The first kappa shape index (κ1) is 18.4. The van der Waals surface area contributed by atoms with E-state index in [2.05, 4.69) is 12.2 Å². The molecule has 6 nitrogen and oxygen atoms in total. The van der Waals surface area contributed by atoms with Gasteiger partial charge in [-0.25, -0.2) is 12.7 Å². The normalized spacial score (nSPS) is 19.4. The lowest BCUT2D eigenvalue weighted by molar-refractivity contribution is -0.123. The number of rotatable bonds is 8. The molecule has 1 aliphatic heterocycles. The third kappa shape index (κ3) is 5.92. The van der Waals surface area contributed by atoms with Crippen molar-refractivity contribution in [2.75, 3.05) is 18.8 Å². The van der Waals surface area contributed by atoms with Crippen LogP contribution in [-0.2, 0) is 14.8 Å². The number of nitrogens with zero attached hydrogens (tertiary/aromatic N) is 1. The molecule has 1 atom stereocenters. The Labute approximate surface area is 128 Å². The summed E-state index contributed by atoms with van der Waals surface area (Å²) in [7, 11) is -3.12. The van der Waals surface area contributed by atoms with Crippen LogP contribution in [0.4, 0.5) is 0 Å². The maximum Gasteiger partial charge on any atom is 0.237 e. The van der Waals surface area contributed by atoms with Gasteiger partial charge in [-0.15, -0.1) is 0 Å². The fourth-order valence-electron chi connectivity index (χ4n) is 2.53. The molecule has 1 saturated heterocycles. The van der Waals surface area contributed by atoms with Gasteiger partial charge in [-0.1, -0.05) is 26.7 Å². The van der Waals surface area contributed by atoms with Gasteiger partial charge < -0.3 is 11.1 Å². The first-order valence-corrected chi connectivity index (χ1v) is 9.55. The molecule has 0 unspecified atom stereocenters. The predicted octanol–water partition coefficient (Wildman–Crippen LogP) is 0.824. The monoisotopic (exact) mass is 319 g/mol. The van der Waals surface area contributed by atoms with E-state index in [1.165, 1.54) is 4.31 Å². The van der Waals surface area contributed by atoms with E-state index in [0.717, 1.165) is 12.8 Å².